The Labute approximate surface area is 182 Å². The van der Waals surface area contributed by atoms with Crippen molar-refractivity contribution in [2.24, 2.45) is 0 Å². The molecular formula is C16H6N6S6. The SMILES string of the molecule is c1csc(-c2ncc(-c3nc4sc(-c5cnc(-c6nccs6)s5)nc4s3)s2)n1. The molecule has 6 heterocycles. The molecule has 0 radical (unpaired) electrons. The molecular weight excluding hydrogens is 469 g/mol. The van der Waals surface area contributed by atoms with E-state index in [0.29, 0.717) is 0 Å². The molecule has 136 valence electrons. The first-order valence-electron chi connectivity index (χ1n) is 7.83. The summed E-state index contributed by atoms with van der Waals surface area (Å²) in [5.74, 6) is 0. The molecule has 0 saturated heterocycles. The fourth-order valence-corrected chi connectivity index (χ4v) is 7.78. The van der Waals surface area contributed by atoms with E-state index in [-0.39, 0.29) is 0 Å². The number of aromatic nitrogens is 6. The summed E-state index contributed by atoms with van der Waals surface area (Å²) in [4.78, 5) is 31.2. The normalized spacial score (nSPS) is 11.6. The van der Waals surface area contributed by atoms with Crippen LogP contribution in [-0.2, 0) is 0 Å². The van der Waals surface area contributed by atoms with Crippen molar-refractivity contribution in [3.8, 4) is 39.8 Å². The highest BCUT2D eigenvalue weighted by atomic mass is 32.1. The molecule has 0 bridgehead atoms. The molecule has 28 heavy (non-hydrogen) atoms. The third-order valence-electron chi connectivity index (χ3n) is 3.64. The average molecular weight is 475 g/mol. The van der Waals surface area contributed by atoms with Crippen LogP contribution in [0.4, 0.5) is 0 Å². The van der Waals surface area contributed by atoms with Crippen LogP contribution in [0.15, 0.2) is 35.5 Å². The first-order valence-corrected chi connectivity index (χ1v) is 12.9. The topological polar surface area (TPSA) is 77.3 Å². The van der Waals surface area contributed by atoms with E-state index in [1.54, 1.807) is 80.4 Å². The molecule has 0 atom stereocenters. The van der Waals surface area contributed by atoms with E-state index < -0.39 is 0 Å². The minimum absolute atomic E-state index is 0.927. The van der Waals surface area contributed by atoms with Crippen LogP contribution in [0.2, 0.25) is 0 Å². The van der Waals surface area contributed by atoms with E-state index in [0.717, 1.165) is 49.5 Å². The molecule has 0 N–H and O–H groups in total. The summed E-state index contributed by atoms with van der Waals surface area (Å²) in [6, 6.07) is 0. The van der Waals surface area contributed by atoms with Crippen LogP contribution in [0, 0.1) is 0 Å². The zero-order valence-corrected chi connectivity index (χ0v) is 18.5. The maximum Gasteiger partial charge on any atom is 0.155 e. The number of thiazole rings is 6. The molecule has 0 spiro atoms. The Hall–Kier alpha value is -1.96. The predicted octanol–water partition coefficient (Wildman–Crippen LogP) is 6.25. The Morgan fingerprint density at radius 3 is 1.43 bits per heavy atom. The highest BCUT2D eigenvalue weighted by molar-refractivity contribution is 7.32. The number of hydrogen-bond donors (Lipinski definition) is 0. The van der Waals surface area contributed by atoms with Gasteiger partial charge < -0.3 is 0 Å². The summed E-state index contributed by atoms with van der Waals surface area (Å²) in [5.41, 5.74) is 0. The van der Waals surface area contributed by atoms with Crippen molar-refractivity contribution in [2.75, 3.05) is 0 Å². The zero-order chi connectivity index (χ0) is 18.5. The zero-order valence-electron chi connectivity index (χ0n) is 13.6. The Balaban J connectivity index is 1.32. The summed E-state index contributed by atoms with van der Waals surface area (Å²) in [6.45, 7) is 0. The van der Waals surface area contributed by atoms with Crippen molar-refractivity contribution in [3.05, 3.63) is 35.5 Å². The van der Waals surface area contributed by atoms with Crippen molar-refractivity contribution in [1.82, 2.24) is 29.9 Å². The van der Waals surface area contributed by atoms with Gasteiger partial charge in [0.1, 0.15) is 10.0 Å². The maximum absolute atomic E-state index is 4.78. The van der Waals surface area contributed by atoms with E-state index >= 15 is 0 Å². The first-order chi connectivity index (χ1) is 13.8. The maximum atomic E-state index is 4.78. The summed E-state index contributed by atoms with van der Waals surface area (Å²) in [7, 11) is 0. The lowest BCUT2D eigenvalue weighted by molar-refractivity contribution is 1.35. The van der Waals surface area contributed by atoms with Gasteiger partial charge in [-0.15, -0.1) is 45.3 Å². The summed E-state index contributed by atoms with van der Waals surface area (Å²) >= 11 is 9.60. The van der Waals surface area contributed by atoms with Crippen molar-refractivity contribution in [3.63, 3.8) is 0 Å². The Morgan fingerprint density at radius 2 is 1.00 bits per heavy atom. The van der Waals surface area contributed by atoms with Gasteiger partial charge >= 0.3 is 0 Å². The van der Waals surface area contributed by atoms with Crippen LogP contribution in [-0.4, -0.2) is 29.9 Å². The van der Waals surface area contributed by atoms with Gasteiger partial charge in [0.25, 0.3) is 0 Å². The molecule has 0 saturated carbocycles. The van der Waals surface area contributed by atoms with Crippen molar-refractivity contribution >= 4 is 77.7 Å². The molecule has 6 rings (SSSR count). The van der Waals surface area contributed by atoms with Gasteiger partial charge in [-0.05, 0) is 0 Å². The predicted molar refractivity (Wildman–Crippen MR) is 120 cm³/mol. The van der Waals surface area contributed by atoms with Crippen LogP contribution < -0.4 is 0 Å². The molecule has 0 aromatic carbocycles. The van der Waals surface area contributed by atoms with Crippen LogP contribution >= 0.6 is 68.0 Å². The van der Waals surface area contributed by atoms with Gasteiger partial charge in [-0.2, -0.15) is 0 Å². The van der Waals surface area contributed by atoms with Crippen LogP contribution in [0.25, 0.3) is 49.5 Å². The van der Waals surface area contributed by atoms with Gasteiger partial charge in [-0.1, -0.05) is 22.7 Å². The molecule has 6 nitrogen and oxygen atoms in total. The smallest absolute Gasteiger partial charge is 0.155 e. The van der Waals surface area contributed by atoms with Gasteiger partial charge in [0, 0.05) is 35.5 Å². The van der Waals surface area contributed by atoms with E-state index in [2.05, 4.69) is 19.9 Å². The summed E-state index contributed by atoms with van der Waals surface area (Å²) in [5, 5.41) is 9.56. The number of fused-ring (bicyclic) bond motifs is 1. The number of rotatable bonds is 4. The van der Waals surface area contributed by atoms with Crippen LogP contribution in [0.5, 0.6) is 0 Å². The molecule has 0 aliphatic carbocycles. The lowest BCUT2D eigenvalue weighted by atomic mass is 10.6. The molecule has 6 aromatic heterocycles. The van der Waals surface area contributed by atoms with E-state index in [1.807, 2.05) is 23.2 Å². The van der Waals surface area contributed by atoms with Crippen molar-refractivity contribution in [2.45, 2.75) is 0 Å². The van der Waals surface area contributed by atoms with Gasteiger partial charge in [0.05, 0.1) is 9.75 Å². The molecule has 0 fully saturated rings. The average Bonchev–Trinajstić information content (AvgIpc) is 3.54. The third-order valence-corrected chi connectivity index (χ3v) is 9.83. The molecule has 0 unspecified atom stereocenters. The van der Waals surface area contributed by atoms with Gasteiger partial charge in [0.2, 0.25) is 0 Å². The van der Waals surface area contributed by atoms with Crippen LogP contribution in [0.3, 0.4) is 0 Å². The summed E-state index contributed by atoms with van der Waals surface area (Å²) in [6.07, 6.45) is 7.33. The Kier molecular flexibility index (Phi) is 4.13. The van der Waals surface area contributed by atoms with Gasteiger partial charge in [-0.25, -0.2) is 29.9 Å². The molecule has 6 aromatic rings. The fourth-order valence-electron chi connectivity index (χ4n) is 2.45. The second kappa shape index (κ2) is 6.83. The highest BCUT2D eigenvalue weighted by Gasteiger charge is 2.17. The minimum Gasteiger partial charge on any atom is -0.242 e. The third kappa shape index (κ3) is 2.93. The summed E-state index contributed by atoms with van der Waals surface area (Å²) < 4.78 is 0. The van der Waals surface area contributed by atoms with Crippen LogP contribution in [0.1, 0.15) is 0 Å². The van der Waals surface area contributed by atoms with E-state index in [1.165, 1.54) is 0 Å². The standard InChI is InChI=1S/C16H6N6S6/c1-3-23-11(17-1)13-19-5-7(25-13)9-21-15-16(27-9)22-10(28-15)8-6-20-14(26-8)12-18-2-4-24-12/h1-6H. The lowest BCUT2D eigenvalue weighted by Crippen LogP contribution is -1.68. The Bertz CT molecular complexity index is 1240. The quantitative estimate of drug-likeness (QED) is 0.301. The lowest BCUT2D eigenvalue weighted by Gasteiger charge is -1.88. The van der Waals surface area contributed by atoms with Crippen molar-refractivity contribution in [1.29, 1.82) is 0 Å². The highest BCUT2D eigenvalue weighted by Crippen LogP contribution is 2.41. The van der Waals surface area contributed by atoms with Crippen molar-refractivity contribution < 1.29 is 0 Å². The molecule has 0 aliphatic heterocycles. The molecule has 0 amide bonds. The van der Waals surface area contributed by atoms with E-state index in [4.69, 9.17) is 9.97 Å². The Morgan fingerprint density at radius 1 is 0.500 bits per heavy atom. The van der Waals surface area contributed by atoms with E-state index in [9.17, 15) is 0 Å². The first kappa shape index (κ1) is 16.9. The monoisotopic (exact) mass is 474 g/mol. The number of nitrogens with zero attached hydrogens (tertiary/aromatic N) is 6. The number of hydrogen-bond acceptors (Lipinski definition) is 12. The van der Waals surface area contributed by atoms with Gasteiger partial charge in [-0.3, -0.25) is 0 Å². The second-order valence-corrected chi connectivity index (χ2v) is 11.2. The second-order valence-electron chi connectivity index (χ2n) is 5.38. The van der Waals surface area contributed by atoms with Gasteiger partial charge in [0.15, 0.2) is 29.7 Å². The fraction of sp³-hybridized carbons (Fsp3) is 0. The molecule has 0 aliphatic rings. The minimum atomic E-state index is 0.927. The molecule has 12 heteroatoms. The largest absolute Gasteiger partial charge is 0.242 e.